The number of carbonyl (C=O) groups is 2. The van der Waals surface area contributed by atoms with Crippen LogP contribution < -0.4 is 16.1 Å². The molecule has 1 aromatic carbocycles. The summed E-state index contributed by atoms with van der Waals surface area (Å²) in [5.41, 5.74) is 0.00716. The molecule has 1 aromatic heterocycles. The standard InChI is InChI=1S/C28H40N2O6/c1-17(2)13-23(32)26(33)21(14-19-9-5-4-6-10-19)30-27(34)18(3)16-29-28(35)25-15-22(31)20-11-7-8-12-24(20)36-25/h7-8,11-12,15,17-19,21,23,26,32-33H,4-6,9-10,13-14,16H2,1-3H3,(H,29,35)(H,30,34)/t18-,21+,23+,26-/m1/s1. The fourth-order valence-corrected chi connectivity index (χ4v) is 4.92. The van der Waals surface area contributed by atoms with E-state index in [1.54, 1.807) is 31.2 Å². The Morgan fingerprint density at radius 2 is 1.78 bits per heavy atom. The van der Waals surface area contributed by atoms with Gasteiger partial charge in [-0.1, -0.05) is 65.0 Å². The molecule has 0 saturated heterocycles. The fourth-order valence-electron chi connectivity index (χ4n) is 4.92. The van der Waals surface area contributed by atoms with E-state index in [-0.39, 0.29) is 29.6 Å². The maximum Gasteiger partial charge on any atom is 0.287 e. The second kappa shape index (κ2) is 13.0. The topological polar surface area (TPSA) is 129 Å². The van der Waals surface area contributed by atoms with Crippen molar-refractivity contribution in [3.63, 3.8) is 0 Å². The van der Waals surface area contributed by atoms with E-state index in [1.165, 1.54) is 6.42 Å². The largest absolute Gasteiger partial charge is 0.451 e. The summed E-state index contributed by atoms with van der Waals surface area (Å²) >= 11 is 0. The van der Waals surface area contributed by atoms with Gasteiger partial charge in [-0.25, -0.2) is 0 Å². The zero-order valence-electron chi connectivity index (χ0n) is 21.5. The van der Waals surface area contributed by atoms with Gasteiger partial charge < -0.3 is 25.3 Å². The Morgan fingerprint density at radius 3 is 2.47 bits per heavy atom. The van der Waals surface area contributed by atoms with Gasteiger partial charge in [-0.2, -0.15) is 0 Å². The van der Waals surface area contributed by atoms with Gasteiger partial charge in [0.05, 0.1) is 23.4 Å². The highest BCUT2D eigenvalue weighted by atomic mass is 16.3. The van der Waals surface area contributed by atoms with Crippen LogP contribution in [0.15, 0.2) is 39.5 Å². The number of amides is 2. The van der Waals surface area contributed by atoms with Crippen LogP contribution in [0, 0.1) is 17.8 Å². The third-order valence-electron chi connectivity index (χ3n) is 7.03. The number of nitrogens with one attached hydrogen (secondary N) is 2. The van der Waals surface area contributed by atoms with E-state index in [2.05, 4.69) is 10.6 Å². The lowest BCUT2D eigenvalue weighted by Crippen LogP contribution is -2.52. The third kappa shape index (κ3) is 7.64. The van der Waals surface area contributed by atoms with Crippen molar-refractivity contribution in [3.05, 3.63) is 46.3 Å². The SMILES string of the molecule is CC(C)C[C@H](O)[C@H](O)[C@H](CC1CCCCC1)NC(=O)[C@H](C)CNC(=O)c1cc(=O)c2ccccc2o1. The van der Waals surface area contributed by atoms with Crippen molar-refractivity contribution in [2.75, 3.05) is 6.54 Å². The van der Waals surface area contributed by atoms with Crippen molar-refractivity contribution in [1.82, 2.24) is 10.6 Å². The molecule has 1 aliphatic carbocycles. The van der Waals surface area contributed by atoms with Gasteiger partial charge in [-0.3, -0.25) is 14.4 Å². The van der Waals surface area contributed by atoms with Gasteiger partial charge in [0.1, 0.15) is 11.7 Å². The summed E-state index contributed by atoms with van der Waals surface area (Å²) < 4.78 is 5.56. The number of benzene rings is 1. The number of rotatable bonds is 11. The molecule has 0 radical (unpaired) electrons. The van der Waals surface area contributed by atoms with Crippen LogP contribution >= 0.6 is 0 Å². The summed E-state index contributed by atoms with van der Waals surface area (Å²) in [5.74, 6) is -0.991. The molecule has 4 atom stereocenters. The molecule has 1 saturated carbocycles. The molecule has 0 unspecified atom stereocenters. The first-order chi connectivity index (χ1) is 17.2. The Labute approximate surface area is 212 Å². The molecule has 2 amide bonds. The molecule has 2 aromatic rings. The summed E-state index contributed by atoms with van der Waals surface area (Å²) in [4.78, 5) is 37.9. The molecule has 1 aliphatic rings. The maximum atomic E-state index is 13.0. The van der Waals surface area contributed by atoms with Gasteiger partial charge >= 0.3 is 0 Å². The van der Waals surface area contributed by atoms with Crippen LogP contribution in [0.2, 0.25) is 0 Å². The smallest absolute Gasteiger partial charge is 0.287 e. The molecule has 198 valence electrons. The zero-order valence-corrected chi connectivity index (χ0v) is 21.5. The summed E-state index contributed by atoms with van der Waals surface area (Å²) in [6.07, 6.45) is 4.68. The van der Waals surface area contributed by atoms with Crippen LogP contribution in [0.4, 0.5) is 0 Å². The predicted molar refractivity (Wildman–Crippen MR) is 139 cm³/mol. The van der Waals surface area contributed by atoms with Crippen molar-refractivity contribution in [1.29, 1.82) is 0 Å². The number of hydrogen-bond donors (Lipinski definition) is 4. The Morgan fingerprint density at radius 1 is 1.08 bits per heavy atom. The maximum absolute atomic E-state index is 13.0. The summed E-state index contributed by atoms with van der Waals surface area (Å²) in [5, 5.41) is 27.4. The van der Waals surface area contributed by atoms with E-state index in [4.69, 9.17) is 4.42 Å². The highest BCUT2D eigenvalue weighted by Gasteiger charge is 2.32. The molecule has 0 bridgehead atoms. The first kappa shape index (κ1) is 27.9. The minimum Gasteiger partial charge on any atom is -0.451 e. The number of aliphatic hydroxyl groups excluding tert-OH is 2. The predicted octanol–water partition coefficient (Wildman–Crippen LogP) is 3.38. The van der Waals surface area contributed by atoms with Crippen molar-refractivity contribution in [3.8, 4) is 0 Å². The van der Waals surface area contributed by atoms with Crippen LogP contribution in [-0.2, 0) is 4.79 Å². The van der Waals surface area contributed by atoms with Gasteiger partial charge in [-0.15, -0.1) is 0 Å². The van der Waals surface area contributed by atoms with E-state index >= 15 is 0 Å². The quantitative estimate of drug-likeness (QED) is 0.374. The molecule has 8 nitrogen and oxygen atoms in total. The molecule has 1 heterocycles. The van der Waals surface area contributed by atoms with Gasteiger partial charge in [-0.05, 0) is 36.8 Å². The Hall–Kier alpha value is -2.71. The molecule has 0 aliphatic heterocycles. The molecule has 4 N–H and O–H groups in total. The number of aliphatic hydroxyl groups is 2. The van der Waals surface area contributed by atoms with Gasteiger partial charge in [0.2, 0.25) is 5.91 Å². The molecule has 36 heavy (non-hydrogen) atoms. The van der Waals surface area contributed by atoms with Gasteiger partial charge in [0.15, 0.2) is 11.2 Å². The van der Waals surface area contributed by atoms with Crippen molar-refractivity contribution < 1.29 is 24.2 Å². The average molecular weight is 501 g/mol. The number of para-hydroxylation sites is 1. The Bertz CT molecular complexity index is 1080. The first-order valence-corrected chi connectivity index (χ1v) is 13.1. The van der Waals surface area contributed by atoms with Crippen LogP contribution in [-0.4, -0.2) is 46.8 Å². The highest BCUT2D eigenvalue weighted by molar-refractivity contribution is 5.93. The summed E-state index contributed by atoms with van der Waals surface area (Å²) in [6, 6.07) is 7.27. The normalized spacial score (nSPS) is 17.9. The molecular weight excluding hydrogens is 460 g/mol. The highest BCUT2D eigenvalue weighted by Crippen LogP contribution is 2.29. The minimum atomic E-state index is -1.06. The van der Waals surface area contributed by atoms with Crippen LogP contribution in [0.5, 0.6) is 0 Å². The van der Waals surface area contributed by atoms with Crippen molar-refractivity contribution in [2.45, 2.75) is 84.0 Å². The lowest BCUT2D eigenvalue weighted by atomic mass is 9.82. The second-order valence-electron chi connectivity index (χ2n) is 10.6. The van der Waals surface area contributed by atoms with Gasteiger partial charge in [0, 0.05) is 12.6 Å². The van der Waals surface area contributed by atoms with E-state index in [1.807, 2.05) is 13.8 Å². The van der Waals surface area contributed by atoms with E-state index < -0.39 is 30.1 Å². The lowest BCUT2D eigenvalue weighted by Gasteiger charge is -2.33. The molecular formula is C28H40N2O6. The monoisotopic (exact) mass is 500 g/mol. The van der Waals surface area contributed by atoms with E-state index in [0.717, 1.165) is 31.7 Å². The third-order valence-corrected chi connectivity index (χ3v) is 7.03. The number of fused-ring (bicyclic) bond motifs is 1. The van der Waals surface area contributed by atoms with Crippen LogP contribution in [0.3, 0.4) is 0 Å². The first-order valence-electron chi connectivity index (χ1n) is 13.1. The molecule has 1 fully saturated rings. The zero-order chi connectivity index (χ0) is 26.2. The fraction of sp³-hybridized carbons (Fsp3) is 0.607. The summed E-state index contributed by atoms with van der Waals surface area (Å²) in [6.45, 7) is 5.67. The second-order valence-corrected chi connectivity index (χ2v) is 10.6. The lowest BCUT2D eigenvalue weighted by molar-refractivity contribution is -0.127. The minimum absolute atomic E-state index is 0.0298. The Balaban J connectivity index is 1.61. The molecule has 8 heteroatoms. The van der Waals surface area contributed by atoms with Crippen LogP contribution in [0.1, 0.15) is 76.3 Å². The van der Waals surface area contributed by atoms with Crippen LogP contribution in [0.25, 0.3) is 11.0 Å². The average Bonchev–Trinajstić information content (AvgIpc) is 2.86. The van der Waals surface area contributed by atoms with Crippen molar-refractivity contribution in [2.24, 2.45) is 17.8 Å². The van der Waals surface area contributed by atoms with Crippen molar-refractivity contribution >= 4 is 22.8 Å². The Kier molecular flexibility index (Phi) is 10.1. The molecule has 0 spiro atoms. The van der Waals surface area contributed by atoms with E-state index in [9.17, 15) is 24.6 Å². The van der Waals surface area contributed by atoms with E-state index in [0.29, 0.717) is 29.7 Å². The number of hydrogen-bond acceptors (Lipinski definition) is 6. The summed E-state index contributed by atoms with van der Waals surface area (Å²) in [7, 11) is 0. The van der Waals surface area contributed by atoms with Gasteiger partial charge in [0.25, 0.3) is 5.91 Å². The molecule has 3 rings (SSSR count). The number of carbonyl (C=O) groups excluding carboxylic acids is 2.